The second-order valence-corrected chi connectivity index (χ2v) is 4.88. The average molecular weight is 248 g/mol. The summed E-state index contributed by atoms with van der Waals surface area (Å²) in [4.78, 5) is 13.2. The number of benzene rings is 1. The standard InChI is InChI=1S/C14H20N2O2/c1-11(10-16-8-6-15-7-9-16)12-2-4-13(5-3-12)14(17)18/h2-5,11,15H,6-10H2,1H3,(H,17,18). The zero-order valence-electron chi connectivity index (χ0n) is 10.7. The Morgan fingerprint density at radius 1 is 1.33 bits per heavy atom. The van der Waals surface area contributed by atoms with Crippen molar-refractivity contribution >= 4 is 5.97 Å². The molecule has 0 bridgehead atoms. The molecule has 1 aliphatic heterocycles. The molecule has 0 saturated carbocycles. The molecule has 2 rings (SSSR count). The van der Waals surface area contributed by atoms with E-state index in [-0.39, 0.29) is 0 Å². The normalized spacial score (nSPS) is 18.5. The van der Waals surface area contributed by atoms with Gasteiger partial charge >= 0.3 is 5.97 Å². The third kappa shape index (κ3) is 3.31. The van der Waals surface area contributed by atoms with Gasteiger partial charge in [0.2, 0.25) is 0 Å². The Bertz CT molecular complexity index is 397. The van der Waals surface area contributed by atoms with Gasteiger partial charge in [0.25, 0.3) is 0 Å². The van der Waals surface area contributed by atoms with E-state index in [0.29, 0.717) is 11.5 Å². The summed E-state index contributed by atoms with van der Waals surface area (Å²) in [5.41, 5.74) is 1.56. The van der Waals surface area contributed by atoms with Crippen LogP contribution in [0.25, 0.3) is 0 Å². The minimum absolute atomic E-state index is 0.355. The van der Waals surface area contributed by atoms with Crippen molar-refractivity contribution < 1.29 is 9.90 Å². The number of nitrogens with one attached hydrogen (secondary N) is 1. The number of piperazine rings is 1. The van der Waals surface area contributed by atoms with Crippen LogP contribution in [0.2, 0.25) is 0 Å². The van der Waals surface area contributed by atoms with E-state index in [9.17, 15) is 4.79 Å². The van der Waals surface area contributed by atoms with Gasteiger partial charge in [-0.1, -0.05) is 19.1 Å². The van der Waals surface area contributed by atoms with Gasteiger partial charge in [-0.2, -0.15) is 0 Å². The Morgan fingerprint density at radius 3 is 2.50 bits per heavy atom. The molecule has 98 valence electrons. The van der Waals surface area contributed by atoms with Gasteiger partial charge in [0.1, 0.15) is 0 Å². The Morgan fingerprint density at radius 2 is 1.94 bits per heavy atom. The Balaban J connectivity index is 1.95. The molecule has 18 heavy (non-hydrogen) atoms. The van der Waals surface area contributed by atoms with Crippen molar-refractivity contribution in [2.24, 2.45) is 0 Å². The Hall–Kier alpha value is -1.39. The molecule has 0 spiro atoms. The zero-order valence-corrected chi connectivity index (χ0v) is 10.7. The van der Waals surface area contributed by atoms with Crippen molar-refractivity contribution in [1.82, 2.24) is 10.2 Å². The van der Waals surface area contributed by atoms with Crippen LogP contribution in [0, 0.1) is 0 Å². The summed E-state index contributed by atoms with van der Waals surface area (Å²) in [5, 5.41) is 12.2. The molecule has 1 heterocycles. The van der Waals surface area contributed by atoms with Crippen molar-refractivity contribution in [3.05, 3.63) is 35.4 Å². The number of carbonyl (C=O) groups is 1. The molecule has 0 amide bonds. The predicted octanol–water partition coefficient (Wildman–Crippen LogP) is 1.39. The fraction of sp³-hybridized carbons (Fsp3) is 0.500. The van der Waals surface area contributed by atoms with Crippen LogP contribution >= 0.6 is 0 Å². The lowest BCUT2D eigenvalue weighted by molar-refractivity contribution is 0.0697. The maximum atomic E-state index is 10.8. The highest BCUT2D eigenvalue weighted by Gasteiger charge is 2.14. The number of aromatic carboxylic acids is 1. The van der Waals surface area contributed by atoms with E-state index in [1.807, 2.05) is 12.1 Å². The van der Waals surface area contributed by atoms with E-state index in [4.69, 9.17) is 5.11 Å². The summed E-state index contributed by atoms with van der Waals surface area (Å²) in [5.74, 6) is -0.428. The van der Waals surface area contributed by atoms with Gasteiger partial charge in [-0.3, -0.25) is 0 Å². The van der Waals surface area contributed by atoms with Crippen LogP contribution in [-0.2, 0) is 0 Å². The third-order valence-electron chi connectivity index (χ3n) is 3.47. The molecule has 1 aliphatic rings. The van der Waals surface area contributed by atoms with E-state index in [1.54, 1.807) is 12.1 Å². The molecule has 1 unspecified atom stereocenters. The predicted molar refractivity (Wildman–Crippen MR) is 71.1 cm³/mol. The molecule has 1 fully saturated rings. The van der Waals surface area contributed by atoms with Gasteiger partial charge in [0.05, 0.1) is 5.56 Å². The van der Waals surface area contributed by atoms with Crippen molar-refractivity contribution in [3.63, 3.8) is 0 Å². The van der Waals surface area contributed by atoms with Crippen LogP contribution < -0.4 is 5.32 Å². The quantitative estimate of drug-likeness (QED) is 0.845. The summed E-state index contributed by atoms with van der Waals surface area (Å²) < 4.78 is 0. The molecule has 4 heteroatoms. The van der Waals surface area contributed by atoms with Gasteiger partial charge in [0.15, 0.2) is 0 Å². The van der Waals surface area contributed by atoms with Crippen molar-refractivity contribution in [3.8, 4) is 0 Å². The molecular formula is C14H20N2O2. The molecule has 2 N–H and O–H groups in total. The fourth-order valence-corrected chi connectivity index (χ4v) is 2.34. The molecular weight excluding hydrogens is 228 g/mol. The lowest BCUT2D eigenvalue weighted by atomic mass is 9.99. The number of hydrogen-bond acceptors (Lipinski definition) is 3. The smallest absolute Gasteiger partial charge is 0.335 e. The largest absolute Gasteiger partial charge is 0.478 e. The van der Waals surface area contributed by atoms with Gasteiger partial charge in [0, 0.05) is 32.7 Å². The first kappa shape index (κ1) is 13.1. The van der Waals surface area contributed by atoms with Crippen molar-refractivity contribution in [2.45, 2.75) is 12.8 Å². The van der Waals surface area contributed by atoms with Crippen LogP contribution in [0.3, 0.4) is 0 Å². The van der Waals surface area contributed by atoms with Crippen LogP contribution in [0.1, 0.15) is 28.8 Å². The molecule has 4 nitrogen and oxygen atoms in total. The van der Waals surface area contributed by atoms with Crippen LogP contribution in [-0.4, -0.2) is 48.7 Å². The summed E-state index contributed by atoms with van der Waals surface area (Å²) in [6.45, 7) is 7.54. The van der Waals surface area contributed by atoms with Gasteiger partial charge in [-0.05, 0) is 23.6 Å². The van der Waals surface area contributed by atoms with Crippen molar-refractivity contribution in [2.75, 3.05) is 32.7 Å². The minimum Gasteiger partial charge on any atom is -0.478 e. The number of hydrogen-bond donors (Lipinski definition) is 2. The first-order valence-corrected chi connectivity index (χ1v) is 6.43. The number of carboxylic acids is 1. The van der Waals surface area contributed by atoms with Crippen LogP contribution in [0.15, 0.2) is 24.3 Å². The lowest BCUT2D eigenvalue weighted by Gasteiger charge is -2.29. The Kier molecular flexibility index (Phi) is 4.33. The summed E-state index contributed by atoms with van der Waals surface area (Å²) in [7, 11) is 0. The minimum atomic E-state index is -0.865. The maximum Gasteiger partial charge on any atom is 0.335 e. The highest BCUT2D eigenvalue weighted by Crippen LogP contribution is 2.17. The van der Waals surface area contributed by atoms with Gasteiger partial charge in [-0.25, -0.2) is 4.79 Å². The maximum absolute atomic E-state index is 10.8. The van der Waals surface area contributed by atoms with E-state index < -0.39 is 5.97 Å². The first-order chi connectivity index (χ1) is 8.66. The lowest BCUT2D eigenvalue weighted by Crippen LogP contribution is -2.44. The van der Waals surface area contributed by atoms with Crippen LogP contribution in [0.5, 0.6) is 0 Å². The molecule has 1 saturated heterocycles. The second-order valence-electron chi connectivity index (χ2n) is 4.88. The average Bonchev–Trinajstić information content (AvgIpc) is 2.40. The third-order valence-corrected chi connectivity index (χ3v) is 3.47. The SMILES string of the molecule is CC(CN1CCNCC1)c1ccc(C(=O)O)cc1. The summed E-state index contributed by atoms with van der Waals surface area (Å²) in [6, 6.07) is 7.23. The molecule has 1 atom stereocenters. The second kappa shape index (κ2) is 5.98. The number of rotatable bonds is 4. The number of nitrogens with zero attached hydrogens (tertiary/aromatic N) is 1. The highest BCUT2D eigenvalue weighted by atomic mass is 16.4. The number of carboxylic acid groups (broad SMARTS) is 1. The van der Waals surface area contributed by atoms with Gasteiger partial charge < -0.3 is 15.3 Å². The first-order valence-electron chi connectivity index (χ1n) is 6.43. The van der Waals surface area contributed by atoms with E-state index >= 15 is 0 Å². The molecule has 0 aromatic heterocycles. The summed E-state index contributed by atoms with van der Waals surface area (Å²) in [6.07, 6.45) is 0. The fourth-order valence-electron chi connectivity index (χ4n) is 2.34. The van der Waals surface area contributed by atoms with E-state index in [0.717, 1.165) is 32.7 Å². The topological polar surface area (TPSA) is 52.6 Å². The van der Waals surface area contributed by atoms with Crippen molar-refractivity contribution in [1.29, 1.82) is 0 Å². The molecule has 1 aromatic rings. The highest BCUT2D eigenvalue weighted by molar-refractivity contribution is 5.87. The van der Waals surface area contributed by atoms with E-state index in [1.165, 1.54) is 5.56 Å². The summed E-state index contributed by atoms with van der Waals surface area (Å²) >= 11 is 0. The van der Waals surface area contributed by atoms with E-state index in [2.05, 4.69) is 17.1 Å². The zero-order chi connectivity index (χ0) is 13.0. The Labute approximate surface area is 108 Å². The van der Waals surface area contributed by atoms with Crippen LogP contribution in [0.4, 0.5) is 0 Å². The monoisotopic (exact) mass is 248 g/mol. The molecule has 0 radical (unpaired) electrons. The van der Waals surface area contributed by atoms with Gasteiger partial charge in [-0.15, -0.1) is 0 Å². The molecule has 1 aromatic carbocycles. The molecule has 0 aliphatic carbocycles.